The van der Waals surface area contributed by atoms with E-state index in [1.165, 1.54) is 12.8 Å². The van der Waals surface area contributed by atoms with Crippen molar-refractivity contribution in [3.8, 4) is 0 Å². The van der Waals surface area contributed by atoms with Gasteiger partial charge >= 0.3 is 0 Å². The van der Waals surface area contributed by atoms with E-state index < -0.39 is 0 Å². The number of hydrogen-bond acceptors (Lipinski definition) is 2. The van der Waals surface area contributed by atoms with E-state index >= 15 is 0 Å². The van der Waals surface area contributed by atoms with E-state index in [2.05, 4.69) is 0 Å². The van der Waals surface area contributed by atoms with Crippen molar-refractivity contribution in [1.82, 2.24) is 0 Å². The standard InChI is InChI=1S/C6H13NO/c7-4-3-6-2-1-5-8-6/h6H,1-5,7H2/t6-/m1/s1. The van der Waals surface area contributed by atoms with Crippen LogP contribution in [0, 0.1) is 0 Å². The first-order valence-corrected chi connectivity index (χ1v) is 3.25. The van der Waals surface area contributed by atoms with E-state index in [1.54, 1.807) is 0 Å². The van der Waals surface area contributed by atoms with Gasteiger partial charge in [-0.1, -0.05) is 0 Å². The molecule has 0 aromatic heterocycles. The molecule has 0 aliphatic carbocycles. The maximum atomic E-state index is 5.33. The molecule has 1 aliphatic rings. The van der Waals surface area contributed by atoms with E-state index in [0.29, 0.717) is 6.10 Å². The van der Waals surface area contributed by atoms with Crippen LogP contribution in [0.3, 0.4) is 0 Å². The number of rotatable bonds is 2. The first-order valence-electron chi connectivity index (χ1n) is 3.25. The highest BCUT2D eigenvalue weighted by Crippen LogP contribution is 2.13. The smallest absolute Gasteiger partial charge is 0.0588 e. The summed E-state index contributed by atoms with van der Waals surface area (Å²) in [7, 11) is 0. The van der Waals surface area contributed by atoms with Crippen LogP contribution in [0.1, 0.15) is 19.3 Å². The minimum Gasteiger partial charge on any atom is -0.378 e. The van der Waals surface area contributed by atoms with Gasteiger partial charge in [0.2, 0.25) is 0 Å². The van der Waals surface area contributed by atoms with Crippen LogP contribution >= 0.6 is 0 Å². The lowest BCUT2D eigenvalue weighted by Crippen LogP contribution is -2.11. The van der Waals surface area contributed by atoms with E-state index in [0.717, 1.165) is 19.6 Å². The molecule has 0 unspecified atom stereocenters. The molecule has 2 heteroatoms. The Balaban J connectivity index is 2.06. The third kappa shape index (κ3) is 1.46. The van der Waals surface area contributed by atoms with Crippen LogP contribution in [0.4, 0.5) is 0 Å². The summed E-state index contributed by atoms with van der Waals surface area (Å²) < 4.78 is 5.31. The third-order valence-electron chi connectivity index (χ3n) is 1.51. The molecule has 0 radical (unpaired) electrons. The second kappa shape index (κ2) is 3.05. The summed E-state index contributed by atoms with van der Waals surface area (Å²) in [6.45, 7) is 1.72. The van der Waals surface area contributed by atoms with Crippen molar-refractivity contribution >= 4 is 0 Å². The van der Waals surface area contributed by atoms with E-state index in [4.69, 9.17) is 10.5 Å². The summed E-state index contributed by atoms with van der Waals surface area (Å²) in [4.78, 5) is 0. The maximum Gasteiger partial charge on any atom is 0.0588 e. The molecule has 0 saturated carbocycles. The molecule has 8 heavy (non-hydrogen) atoms. The van der Waals surface area contributed by atoms with Crippen molar-refractivity contribution in [2.75, 3.05) is 13.2 Å². The summed E-state index contributed by atoms with van der Waals surface area (Å²) in [5, 5.41) is 0. The molecule has 1 atom stereocenters. The highest BCUT2D eigenvalue weighted by Gasteiger charge is 2.13. The molecule has 1 aliphatic heterocycles. The molecule has 1 rings (SSSR count). The lowest BCUT2D eigenvalue weighted by Gasteiger charge is -2.04. The molecular formula is C6H13NO. The summed E-state index contributed by atoms with van der Waals surface area (Å²) >= 11 is 0. The Bertz CT molecular complexity index is 59.5. The van der Waals surface area contributed by atoms with Crippen molar-refractivity contribution in [3.63, 3.8) is 0 Å². The molecular weight excluding hydrogens is 102 g/mol. The number of ether oxygens (including phenoxy) is 1. The fourth-order valence-corrected chi connectivity index (χ4v) is 1.06. The van der Waals surface area contributed by atoms with Crippen molar-refractivity contribution in [3.05, 3.63) is 0 Å². The molecule has 0 bridgehead atoms. The summed E-state index contributed by atoms with van der Waals surface area (Å²) in [6.07, 6.45) is 3.97. The second-order valence-corrected chi connectivity index (χ2v) is 2.21. The van der Waals surface area contributed by atoms with Crippen molar-refractivity contribution in [2.24, 2.45) is 5.73 Å². The SMILES string of the molecule is NCC[C@H]1CCCO1. The van der Waals surface area contributed by atoms with Gasteiger partial charge < -0.3 is 10.5 Å². The van der Waals surface area contributed by atoms with E-state index in [1.807, 2.05) is 0 Å². The minimum atomic E-state index is 0.486. The minimum absolute atomic E-state index is 0.486. The van der Waals surface area contributed by atoms with Crippen LogP contribution < -0.4 is 5.73 Å². The van der Waals surface area contributed by atoms with Gasteiger partial charge in [-0.05, 0) is 25.8 Å². The molecule has 1 heterocycles. The molecule has 2 N–H and O–H groups in total. The Morgan fingerprint density at radius 3 is 3.00 bits per heavy atom. The fraction of sp³-hybridized carbons (Fsp3) is 1.00. The Morgan fingerprint density at radius 2 is 2.50 bits per heavy atom. The van der Waals surface area contributed by atoms with E-state index in [9.17, 15) is 0 Å². The molecule has 0 aromatic rings. The van der Waals surface area contributed by atoms with Gasteiger partial charge in [-0.2, -0.15) is 0 Å². The van der Waals surface area contributed by atoms with Crippen LogP contribution in [0.15, 0.2) is 0 Å². The molecule has 0 spiro atoms. The van der Waals surface area contributed by atoms with Crippen LogP contribution in [0.25, 0.3) is 0 Å². The average molecular weight is 115 g/mol. The highest BCUT2D eigenvalue weighted by atomic mass is 16.5. The fourth-order valence-electron chi connectivity index (χ4n) is 1.06. The predicted molar refractivity (Wildman–Crippen MR) is 32.6 cm³/mol. The Labute approximate surface area is 50.0 Å². The van der Waals surface area contributed by atoms with Gasteiger partial charge in [-0.25, -0.2) is 0 Å². The summed E-state index contributed by atoms with van der Waals surface area (Å²) in [5.41, 5.74) is 5.33. The molecule has 0 amide bonds. The summed E-state index contributed by atoms with van der Waals surface area (Å²) in [6, 6.07) is 0. The van der Waals surface area contributed by atoms with Crippen LogP contribution in [0.2, 0.25) is 0 Å². The number of hydrogen-bond donors (Lipinski definition) is 1. The van der Waals surface area contributed by atoms with Gasteiger partial charge in [0.1, 0.15) is 0 Å². The van der Waals surface area contributed by atoms with Crippen LogP contribution in [0.5, 0.6) is 0 Å². The van der Waals surface area contributed by atoms with Gasteiger partial charge in [0.05, 0.1) is 6.10 Å². The van der Waals surface area contributed by atoms with Crippen molar-refractivity contribution in [1.29, 1.82) is 0 Å². The molecule has 48 valence electrons. The largest absolute Gasteiger partial charge is 0.378 e. The Morgan fingerprint density at radius 1 is 1.62 bits per heavy atom. The van der Waals surface area contributed by atoms with Crippen molar-refractivity contribution < 1.29 is 4.74 Å². The average Bonchev–Trinajstić information content (AvgIpc) is 2.19. The zero-order chi connectivity index (χ0) is 5.82. The monoisotopic (exact) mass is 115 g/mol. The van der Waals surface area contributed by atoms with Gasteiger partial charge in [-0.3, -0.25) is 0 Å². The lowest BCUT2D eigenvalue weighted by molar-refractivity contribution is 0.106. The van der Waals surface area contributed by atoms with Gasteiger partial charge in [-0.15, -0.1) is 0 Å². The molecule has 1 saturated heterocycles. The van der Waals surface area contributed by atoms with Gasteiger partial charge in [0.15, 0.2) is 0 Å². The topological polar surface area (TPSA) is 35.2 Å². The Kier molecular flexibility index (Phi) is 2.30. The zero-order valence-electron chi connectivity index (χ0n) is 5.10. The van der Waals surface area contributed by atoms with E-state index in [-0.39, 0.29) is 0 Å². The first kappa shape index (κ1) is 6.05. The van der Waals surface area contributed by atoms with Crippen molar-refractivity contribution in [2.45, 2.75) is 25.4 Å². The Hall–Kier alpha value is -0.0800. The second-order valence-electron chi connectivity index (χ2n) is 2.21. The summed E-state index contributed by atoms with van der Waals surface area (Å²) in [5.74, 6) is 0. The number of nitrogens with two attached hydrogens (primary N) is 1. The quantitative estimate of drug-likeness (QED) is 0.569. The van der Waals surface area contributed by atoms with Crippen LogP contribution in [-0.2, 0) is 4.74 Å². The predicted octanol–water partition coefficient (Wildman–Crippen LogP) is 0.514. The lowest BCUT2D eigenvalue weighted by atomic mass is 10.2. The van der Waals surface area contributed by atoms with Gasteiger partial charge in [0.25, 0.3) is 0 Å². The molecule has 1 fully saturated rings. The highest BCUT2D eigenvalue weighted by molar-refractivity contribution is 4.64. The van der Waals surface area contributed by atoms with Crippen LogP contribution in [-0.4, -0.2) is 19.3 Å². The first-order chi connectivity index (χ1) is 3.93. The molecule has 0 aromatic carbocycles. The van der Waals surface area contributed by atoms with Gasteiger partial charge in [0, 0.05) is 6.61 Å². The maximum absolute atomic E-state index is 5.33. The zero-order valence-corrected chi connectivity index (χ0v) is 5.10. The third-order valence-corrected chi connectivity index (χ3v) is 1.51. The normalized spacial score (nSPS) is 28.9. The molecule has 2 nitrogen and oxygen atoms in total.